The second-order valence-electron chi connectivity index (χ2n) is 4.84. The molecule has 3 rings (SSSR count). The number of aromatic nitrogens is 3. The van der Waals surface area contributed by atoms with Crippen molar-refractivity contribution in [2.24, 2.45) is 7.05 Å². The fourth-order valence-electron chi connectivity index (χ4n) is 2.01. The van der Waals surface area contributed by atoms with Crippen molar-refractivity contribution in [1.29, 1.82) is 0 Å². The van der Waals surface area contributed by atoms with E-state index in [1.165, 1.54) is 28.3 Å². The summed E-state index contributed by atoms with van der Waals surface area (Å²) < 4.78 is 25.9. The number of hydrogen-bond donors (Lipinski definition) is 1. The van der Waals surface area contributed by atoms with E-state index < -0.39 is 9.84 Å². The molecular formula is C13H11BrN4O3S2. The van der Waals surface area contributed by atoms with Gasteiger partial charge in [-0.1, -0.05) is 11.3 Å². The number of aryl methyl sites for hydroxylation is 1. The number of carbonyl (C=O) groups excluding carboxylic acids is 1. The van der Waals surface area contributed by atoms with Crippen molar-refractivity contribution in [2.45, 2.75) is 4.90 Å². The largest absolute Gasteiger partial charge is 0.296 e. The van der Waals surface area contributed by atoms with Gasteiger partial charge in [0, 0.05) is 13.3 Å². The van der Waals surface area contributed by atoms with Gasteiger partial charge in [0.1, 0.15) is 5.69 Å². The topological polar surface area (TPSA) is 93.9 Å². The molecule has 1 aromatic carbocycles. The zero-order chi connectivity index (χ0) is 16.8. The Morgan fingerprint density at radius 1 is 1.39 bits per heavy atom. The molecule has 0 aliphatic heterocycles. The molecule has 7 nitrogen and oxygen atoms in total. The maximum Gasteiger partial charge on any atom is 0.276 e. The van der Waals surface area contributed by atoms with Gasteiger partial charge in [-0.25, -0.2) is 13.4 Å². The molecule has 3 aromatic rings. The van der Waals surface area contributed by atoms with Crippen molar-refractivity contribution in [3.05, 3.63) is 34.6 Å². The number of nitrogens with one attached hydrogen (secondary N) is 1. The second kappa shape index (κ2) is 5.69. The SMILES string of the molecule is Cn1ncc(Br)c1C(=O)Nc1nc2ccc(S(C)(=O)=O)cc2s1. The van der Waals surface area contributed by atoms with Gasteiger partial charge in [0.05, 0.1) is 25.8 Å². The van der Waals surface area contributed by atoms with Gasteiger partial charge in [-0.15, -0.1) is 0 Å². The predicted molar refractivity (Wildman–Crippen MR) is 91.6 cm³/mol. The number of carbonyl (C=O) groups is 1. The van der Waals surface area contributed by atoms with E-state index in [0.29, 0.717) is 25.5 Å². The highest BCUT2D eigenvalue weighted by molar-refractivity contribution is 9.10. The normalized spacial score (nSPS) is 11.8. The van der Waals surface area contributed by atoms with E-state index in [1.807, 2.05) is 0 Å². The van der Waals surface area contributed by atoms with Crippen molar-refractivity contribution < 1.29 is 13.2 Å². The molecule has 1 amide bonds. The lowest BCUT2D eigenvalue weighted by Crippen LogP contribution is -2.16. The van der Waals surface area contributed by atoms with Crippen LogP contribution in [0.4, 0.5) is 5.13 Å². The van der Waals surface area contributed by atoms with Crippen LogP contribution >= 0.6 is 27.3 Å². The molecule has 0 saturated carbocycles. The summed E-state index contributed by atoms with van der Waals surface area (Å²) in [6, 6.07) is 4.68. The van der Waals surface area contributed by atoms with Crippen LogP contribution in [0.5, 0.6) is 0 Å². The number of hydrogen-bond acceptors (Lipinski definition) is 6. The number of fused-ring (bicyclic) bond motifs is 1. The van der Waals surface area contributed by atoms with E-state index in [0.717, 1.165) is 6.26 Å². The third-order valence-electron chi connectivity index (χ3n) is 3.12. The summed E-state index contributed by atoms with van der Waals surface area (Å²) in [6.45, 7) is 0. The van der Waals surface area contributed by atoms with E-state index in [-0.39, 0.29) is 10.8 Å². The summed E-state index contributed by atoms with van der Waals surface area (Å²) in [7, 11) is -1.62. The molecule has 0 atom stereocenters. The number of sulfone groups is 1. The first kappa shape index (κ1) is 16.1. The molecule has 2 aromatic heterocycles. The molecule has 0 bridgehead atoms. The van der Waals surface area contributed by atoms with Crippen molar-refractivity contribution in [1.82, 2.24) is 14.8 Å². The first-order valence-corrected chi connectivity index (χ1v) is 9.85. The molecule has 10 heteroatoms. The average molecular weight is 415 g/mol. The first-order valence-electron chi connectivity index (χ1n) is 6.35. The van der Waals surface area contributed by atoms with Crippen LogP contribution in [0.2, 0.25) is 0 Å². The maximum atomic E-state index is 12.3. The van der Waals surface area contributed by atoms with E-state index in [2.05, 4.69) is 31.3 Å². The lowest BCUT2D eigenvalue weighted by molar-refractivity contribution is 0.101. The van der Waals surface area contributed by atoms with Gasteiger partial charge in [0.25, 0.3) is 5.91 Å². The van der Waals surface area contributed by atoms with Gasteiger partial charge in [0.2, 0.25) is 0 Å². The summed E-state index contributed by atoms with van der Waals surface area (Å²) in [6.07, 6.45) is 2.68. The van der Waals surface area contributed by atoms with Gasteiger partial charge < -0.3 is 0 Å². The quantitative estimate of drug-likeness (QED) is 0.709. The van der Waals surface area contributed by atoms with Gasteiger partial charge in [0.15, 0.2) is 15.0 Å². The molecule has 2 heterocycles. The summed E-state index contributed by atoms with van der Waals surface area (Å²) in [5.41, 5.74) is 1.00. The Balaban J connectivity index is 1.94. The lowest BCUT2D eigenvalue weighted by atomic mass is 10.3. The van der Waals surface area contributed by atoms with Crippen LogP contribution in [0.25, 0.3) is 10.2 Å². The second-order valence-corrected chi connectivity index (χ2v) is 8.74. The Labute approximate surface area is 144 Å². The molecule has 0 aliphatic carbocycles. The number of anilines is 1. The summed E-state index contributed by atoms with van der Waals surface area (Å²) in [5, 5.41) is 7.08. The monoisotopic (exact) mass is 414 g/mol. The number of benzene rings is 1. The Morgan fingerprint density at radius 2 is 2.13 bits per heavy atom. The van der Waals surface area contributed by atoms with Crippen LogP contribution in [0.3, 0.4) is 0 Å². The minimum absolute atomic E-state index is 0.223. The molecule has 0 radical (unpaired) electrons. The minimum Gasteiger partial charge on any atom is -0.296 e. The first-order chi connectivity index (χ1) is 10.8. The fraction of sp³-hybridized carbons (Fsp3) is 0.154. The highest BCUT2D eigenvalue weighted by Gasteiger charge is 2.17. The molecule has 0 spiro atoms. The van der Waals surface area contributed by atoms with Crippen LogP contribution in [0, 0.1) is 0 Å². The highest BCUT2D eigenvalue weighted by Crippen LogP contribution is 2.29. The minimum atomic E-state index is -3.28. The zero-order valence-corrected chi connectivity index (χ0v) is 15.3. The van der Waals surface area contributed by atoms with Gasteiger partial charge in [-0.05, 0) is 34.1 Å². The van der Waals surface area contributed by atoms with Crippen LogP contribution in [0.1, 0.15) is 10.5 Å². The molecule has 0 unspecified atom stereocenters. The van der Waals surface area contributed by atoms with Gasteiger partial charge in [-0.2, -0.15) is 5.10 Å². The maximum absolute atomic E-state index is 12.3. The molecule has 0 aliphatic rings. The summed E-state index contributed by atoms with van der Waals surface area (Å²) >= 11 is 4.48. The van der Waals surface area contributed by atoms with E-state index >= 15 is 0 Å². The summed E-state index contributed by atoms with van der Waals surface area (Å²) in [5.74, 6) is -0.348. The molecule has 0 saturated heterocycles. The molecule has 1 N–H and O–H groups in total. The molecule has 23 heavy (non-hydrogen) atoms. The number of thiazole rings is 1. The fourth-order valence-corrected chi connectivity index (χ4v) is 4.16. The standard InChI is InChI=1S/C13H11BrN4O3S2/c1-18-11(8(14)6-15-18)12(19)17-13-16-9-4-3-7(23(2,20)21)5-10(9)22-13/h3-6H,1-2H3,(H,16,17,19). The highest BCUT2D eigenvalue weighted by atomic mass is 79.9. The number of rotatable bonds is 3. The van der Waals surface area contributed by atoms with Crippen LogP contribution in [-0.4, -0.2) is 35.3 Å². The number of halogens is 1. The van der Waals surface area contributed by atoms with E-state index in [4.69, 9.17) is 0 Å². The molecule has 0 fully saturated rings. The Bertz CT molecular complexity index is 1000. The van der Waals surface area contributed by atoms with E-state index in [9.17, 15) is 13.2 Å². The van der Waals surface area contributed by atoms with Crippen LogP contribution < -0.4 is 5.32 Å². The van der Waals surface area contributed by atoms with Crippen molar-refractivity contribution >= 4 is 58.4 Å². The average Bonchev–Trinajstić information content (AvgIpc) is 2.99. The Kier molecular flexibility index (Phi) is 3.98. The predicted octanol–water partition coefficient (Wildman–Crippen LogP) is 2.45. The van der Waals surface area contributed by atoms with Crippen molar-refractivity contribution in [2.75, 3.05) is 11.6 Å². The smallest absolute Gasteiger partial charge is 0.276 e. The van der Waals surface area contributed by atoms with E-state index in [1.54, 1.807) is 19.2 Å². The van der Waals surface area contributed by atoms with Gasteiger partial charge in [-0.3, -0.25) is 14.8 Å². The molecule has 120 valence electrons. The van der Waals surface area contributed by atoms with Gasteiger partial charge >= 0.3 is 0 Å². The summed E-state index contributed by atoms with van der Waals surface area (Å²) in [4.78, 5) is 16.8. The number of nitrogens with zero attached hydrogens (tertiary/aromatic N) is 3. The molecular weight excluding hydrogens is 404 g/mol. The van der Waals surface area contributed by atoms with Crippen molar-refractivity contribution in [3.63, 3.8) is 0 Å². The Hall–Kier alpha value is -1.78. The number of amides is 1. The lowest BCUT2D eigenvalue weighted by Gasteiger charge is -2.02. The Morgan fingerprint density at radius 3 is 2.74 bits per heavy atom. The van der Waals surface area contributed by atoms with Crippen LogP contribution in [0.15, 0.2) is 33.8 Å². The third kappa shape index (κ3) is 3.14. The van der Waals surface area contributed by atoms with Crippen molar-refractivity contribution in [3.8, 4) is 0 Å². The van der Waals surface area contributed by atoms with Crippen LogP contribution in [-0.2, 0) is 16.9 Å². The third-order valence-corrected chi connectivity index (χ3v) is 5.74. The zero-order valence-electron chi connectivity index (χ0n) is 12.1.